The lowest BCUT2D eigenvalue weighted by molar-refractivity contribution is -0.203. The minimum absolute atomic E-state index is 0.0430. The molecule has 3 amide bonds. The third-order valence-corrected chi connectivity index (χ3v) is 2.82. The van der Waals surface area contributed by atoms with Crippen molar-refractivity contribution in [3.63, 3.8) is 0 Å². The van der Waals surface area contributed by atoms with Gasteiger partial charge in [0.25, 0.3) is 17.7 Å². The van der Waals surface area contributed by atoms with Crippen molar-refractivity contribution in [2.75, 3.05) is 0 Å². The van der Waals surface area contributed by atoms with Crippen molar-refractivity contribution >= 4 is 29.7 Å². The van der Waals surface area contributed by atoms with Crippen molar-refractivity contribution in [2.24, 2.45) is 0 Å². The molecule has 0 N–H and O–H groups in total. The van der Waals surface area contributed by atoms with Crippen LogP contribution in [0.15, 0.2) is 12.3 Å². The number of amides is 3. The van der Waals surface area contributed by atoms with Gasteiger partial charge in [0.05, 0.1) is 5.70 Å². The van der Waals surface area contributed by atoms with E-state index in [1.54, 1.807) is 0 Å². The molecular weight excluding hydrogens is 284 g/mol. The van der Waals surface area contributed by atoms with Crippen molar-refractivity contribution in [3.05, 3.63) is 12.3 Å². The SMILES string of the molecule is C=C1CCC(=O)N1OC(=O)CC(=O)ON1C(=O)CCC1=O. The molecule has 0 radical (unpaired) electrons. The van der Waals surface area contributed by atoms with E-state index in [2.05, 4.69) is 16.3 Å². The van der Waals surface area contributed by atoms with Gasteiger partial charge in [-0.05, 0) is 6.42 Å². The fourth-order valence-corrected chi connectivity index (χ4v) is 1.79. The Hall–Kier alpha value is -2.71. The molecule has 2 fully saturated rings. The maximum atomic E-state index is 11.5. The second-order valence-corrected chi connectivity index (χ2v) is 4.44. The van der Waals surface area contributed by atoms with E-state index >= 15 is 0 Å². The van der Waals surface area contributed by atoms with E-state index in [4.69, 9.17) is 0 Å². The fourth-order valence-electron chi connectivity index (χ4n) is 1.79. The number of nitrogens with zero attached hydrogens (tertiary/aromatic N) is 2. The van der Waals surface area contributed by atoms with E-state index in [1.165, 1.54) is 0 Å². The van der Waals surface area contributed by atoms with Gasteiger partial charge in [-0.25, -0.2) is 9.59 Å². The maximum Gasteiger partial charge on any atom is 0.344 e. The molecule has 2 saturated heterocycles. The van der Waals surface area contributed by atoms with Crippen LogP contribution in [0.3, 0.4) is 0 Å². The van der Waals surface area contributed by atoms with Gasteiger partial charge < -0.3 is 9.68 Å². The van der Waals surface area contributed by atoms with Crippen LogP contribution in [0.25, 0.3) is 0 Å². The third kappa shape index (κ3) is 3.25. The van der Waals surface area contributed by atoms with Crippen molar-refractivity contribution in [2.45, 2.75) is 32.1 Å². The number of hydrogen-bond acceptors (Lipinski definition) is 7. The van der Waals surface area contributed by atoms with E-state index in [0.717, 1.165) is 5.06 Å². The van der Waals surface area contributed by atoms with Crippen molar-refractivity contribution < 1.29 is 33.6 Å². The number of hydroxylamine groups is 4. The molecule has 0 aromatic heterocycles. The first kappa shape index (κ1) is 14.7. The summed E-state index contributed by atoms with van der Waals surface area (Å²) in [5.41, 5.74) is 0.312. The smallest absolute Gasteiger partial charge is 0.333 e. The van der Waals surface area contributed by atoms with Crippen molar-refractivity contribution in [1.82, 2.24) is 10.1 Å². The summed E-state index contributed by atoms with van der Waals surface area (Å²) in [6, 6.07) is 0. The van der Waals surface area contributed by atoms with Crippen LogP contribution in [0.2, 0.25) is 0 Å². The van der Waals surface area contributed by atoms with Gasteiger partial charge in [0.1, 0.15) is 6.42 Å². The summed E-state index contributed by atoms with van der Waals surface area (Å²) in [4.78, 5) is 65.9. The molecule has 2 aliphatic heterocycles. The molecule has 0 aromatic carbocycles. The minimum atomic E-state index is -1.12. The van der Waals surface area contributed by atoms with Crippen molar-refractivity contribution in [1.29, 1.82) is 0 Å². The second-order valence-electron chi connectivity index (χ2n) is 4.44. The maximum absolute atomic E-state index is 11.5. The molecule has 0 atom stereocenters. The topological polar surface area (TPSA) is 110 Å². The number of hydrogen-bond donors (Lipinski definition) is 0. The third-order valence-electron chi connectivity index (χ3n) is 2.82. The predicted octanol–water partition coefficient (Wildman–Crippen LogP) is -0.422. The molecule has 0 spiro atoms. The van der Waals surface area contributed by atoms with E-state index in [0.29, 0.717) is 17.2 Å². The standard InChI is InChI=1S/C12H12N2O7/c1-7-2-3-8(15)13(7)20-11(18)6-12(19)21-14-9(16)4-5-10(14)17/h1-6H2. The molecule has 2 rings (SSSR count). The highest BCUT2D eigenvalue weighted by molar-refractivity contribution is 6.02. The molecule has 0 saturated carbocycles. The monoisotopic (exact) mass is 296 g/mol. The Morgan fingerprint density at radius 3 is 1.76 bits per heavy atom. The summed E-state index contributed by atoms with van der Waals surface area (Å²) in [5, 5.41) is 1.05. The molecule has 9 nitrogen and oxygen atoms in total. The molecule has 0 unspecified atom stereocenters. The Morgan fingerprint density at radius 2 is 1.29 bits per heavy atom. The lowest BCUT2D eigenvalue weighted by Gasteiger charge is -2.16. The van der Waals surface area contributed by atoms with Gasteiger partial charge in [-0.2, -0.15) is 0 Å². The average Bonchev–Trinajstić information content (AvgIpc) is 2.88. The Labute approximate surface area is 119 Å². The Kier molecular flexibility index (Phi) is 4.01. The lowest BCUT2D eigenvalue weighted by atomic mass is 10.3. The summed E-state index contributed by atoms with van der Waals surface area (Å²) >= 11 is 0. The quantitative estimate of drug-likeness (QED) is 0.511. The largest absolute Gasteiger partial charge is 0.344 e. The summed E-state index contributed by atoms with van der Waals surface area (Å²) in [6.45, 7) is 3.54. The lowest BCUT2D eigenvalue weighted by Crippen LogP contribution is -2.34. The minimum Gasteiger partial charge on any atom is -0.333 e. The zero-order valence-corrected chi connectivity index (χ0v) is 11.0. The molecule has 9 heteroatoms. The van der Waals surface area contributed by atoms with Gasteiger partial charge in [-0.3, -0.25) is 14.4 Å². The summed E-state index contributed by atoms with van der Waals surface area (Å²) < 4.78 is 0. The summed E-state index contributed by atoms with van der Waals surface area (Å²) in [5.74, 6) is -3.90. The first-order valence-corrected chi connectivity index (χ1v) is 6.16. The van der Waals surface area contributed by atoms with Crippen LogP contribution in [-0.2, 0) is 33.6 Å². The van der Waals surface area contributed by atoms with Gasteiger partial charge in [0.2, 0.25) is 0 Å². The summed E-state index contributed by atoms with van der Waals surface area (Å²) in [6.07, 6.45) is -0.383. The highest BCUT2D eigenvalue weighted by atomic mass is 16.7. The molecule has 0 bridgehead atoms. The van der Waals surface area contributed by atoms with Gasteiger partial charge in [-0.1, -0.05) is 6.58 Å². The molecule has 2 aliphatic rings. The van der Waals surface area contributed by atoms with Gasteiger partial charge >= 0.3 is 11.9 Å². The molecule has 21 heavy (non-hydrogen) atoms. The van der Waals surface area contributed by atoms with Crippen LogP contribution in [0.1, 0.15) is 32.1 Å². The Morgan fingerprint density at radius 1 is 0.857 bits per heavy atom. The van der Waals surface area contributed by atoms with Gasteiger partial charge in [0, 0.05) is 19.3 Å². The number of carbonyl (C=O) groups is 5. The Balaban J connectivity index is 1.84. The average molecular weight is 296 g/mol. The first-order chi connectivity index (χ1) is 9.88. The first-order valence-electron chi connectivity index (χ1n) is 6.16. The molecule has 112 valence electrons. The van der Waals surface area contributed by atoms with E-state index in [-0.39, 0.29) is 19.3 Å². The predicted molar refractivity (Wildman–Crippen MR) is 63.1 cm³/mol. The summed E-state index contributed by atoms with van der Waals surface area (Å²) in [7, 11) is 0. The van der Waals surface area contributed by atoms with Crippen LogP contribution in [0.5, 0.6) is 0 Å². The van der Waals surface area contributed by atoms with E-state index < -0.39 is 36.1 Å². The normalized spacial score (nSPS) is 18.5. The van der Waals surface area contributed by atoms with Crippen LogP contribution in [0, 0.1) is 0 Å². The zero-order chi connectivity index (χ0) is 15.6. The molecule has 2 heterocycles. The number of imide groups is 1. The van der Waals surface area contributed by atoms with Crippen LogP contribution in [-0.4, -0.2) is 39.8 Å². The molecule has 0 aromatic rings. The number of carbonyl (C=O) groups excluding carboxylic acids is 5. The van der Waals surface area contributed by atoms with Gasteiger partial charge in [-0.15, -0.1) is 10.1 Å². The van der Waals surface area contributed by atoms with E-state index in [9.17, 15) is 24.0 Å². The Bertz CT molecular complexity index is 474. The van der Waals surface area contributed by atoms with Crippen LogP contribution < -0.4 is 0 Å². The van der Waals surface area contributed by atoms with Crippen LogP contribution in [0.4, 0.5) is 0 Å². The zero-order valence-electron chi connectivity index (χ0n) is 11.0. The molecular formula is C12H12N2O7. The van der Waals surface area contributed by atoms with E-state index in [1.807, 2.05) is 0 Å². The van der Waals surface area contributed by atoms with Gasteiger partial charge in [0.15, 0.2) is 0 Å². The number of allylic oxidation sites excluding steroid dienone is 1. The second kappa shape index (κ2) is 5.73. The van der Waals surface area contributed by atoms with Crippen LogP contribution >= 0.6 is 0 Å². The number of rotatable bonds is 4. The fraction of sp³-hybridized carbons (Fsp3) is 0.417. The highest BCUT2D eigenvalue weighted by Crippen LogP contribution is 2.21. The molecule has 0 aliphatic carbocycles. The highest BCUT2D eigenvalue weighted by Gasteiger charge is 2.34. The van der Waals surface area contributed by atoms with Crippen molar-refractivity contribution in [3.8, 4) is 0 Å².